The van der Waals surface area contributed by atoms with Gasteiger partial charge in [0.1, 0.15) is 17.3 Å². The van der Waals surface area contributed by atoms with E-state index in [1.807, 2.05) is 7.05 Å². The fourth-order valence-corrected chi connectivity index (χ4v) is 5.91. The molecule has 2 aliphatic rings. The number of alkyl halides is 3. The first kappa shape index (κ1) is 31.7. The molecule has 0 bridgehead atoms. The van der Waals surface area contributed by atoms with Crippen LogP contribution in [-0.2, 0) is 17.4 Å². The van der Waals surface area contributed by atoms with Gasteiger partial charge < -0.3 is 20.3 Å². The number of benzene rings is 1. The number of methoxy groups -OCH3 is 1. The van der Waals surface area contributed by atoms with Gasteiger partial charge in [0.15, 0.2) is 0 Å². The summed E-state index contributed by atoms with van der Waals surface area (Å²) in [6, 6.07) is 2.24. The Hall–Kier alpha value is -3.28. The average Bonchev–Trinajstić information content (AvgIpc) is 2.95. The first-order valence-electron chi connectivity index (χ1n) is 14.6. The third-order valence-corrected chi connectivity index (χ3v) is 8.41. The zero-order valence-electron chi connectivity index (χ0n) is 24.3. The van der Waals surface area contributed by atoms with E-state index in [-0.39, 0.29) is 58.7 Å². The van der Waals surface area contributed by atoms with Crippen LogP contribution in [0.4, 0.5) is 29.2 Å². The van der Waals surface area contributed by atoms with E-state index < -0.39 is 23.5 Å². The third kappa shape index (κ3) is 7.96. The predicted molar refractivity (Wildman–Crippen MR) is 150 cm³/mol. The number of carbonyl (C=O) groups is 2. The van der Waals surface area contributed by atoms with Crippen LogP contribution in [0.3, 0.4) is 0 Å². The highest BCUT2D eigenvalue weighted by Crippen LogP contribution is 2.39. The molecule has 1 saturated carbocycles. The Balaban J connectivity index is 1.56. The summed E-state index contributed by atoms with van der Waals surface area (Å²) in [5, 5.41) is 5.65. The molecule has 2 fully saturated rings. The topological polar surface area (TPSA) is 96.5 Å². The van der Waals surface area contributed by atoms with Gasteiger partial charge in [-0.25, -0.2) is 14.4 Å². The van der Waals surface area contributed by atoms with Crippen molar-refractivity contribution in [2.45, 2.75) is 76.9 Å². The number of rotatable bonds is 10. The van der Waals surface area contributed by atoms with Gasteiger partial charge in [-0.1, -0.05) is 19.8 Å². The molecular formula is C30H39F4N5O3. The quantitative estimate of drug-likeness (QED) is 0.330. The molecule has 1 aliphatic heterocycles. The number of carbonyl (C=O) groups excluding carboxylic acids is 2. The van der Waals surface area contributed by atoms with Crippen molar-refractivity contribution in [3.8, 4) is 5.75 Å². The van der Waals surface area contributed by atoms with Gasteiger partial charge >= 0.3 is 6.18 Å². The molecule has 2 aromatic rings. The zero-order valence-corrected chi connectivity index (χ0v) is 24.3. The smallest absolute Gasteiger partial charge is 0.419 e. The third-order valence-electron chi connectivity index (χ3n) is 8.41. The average molecular weight is 594 g/mol. The number of hydrogen-bond acceptors (Lipinski definition) is 7. The number of aromatic nitrogens is 2. The largest absolute Gasteiger partial charge is 0.495 e. The summed E-state index contributed by atoms with van der Waals surface area (Å²) in [5.74, 6) is -1.44. The molecule has 2 heterocycles. The van der Waals surface area contributed by atoms with Crippen molar-refractivity contribution in [3.63, 3.8) is 0 Å². The Morgan fingerprint density at radius 3 is 2.43 bits per heavy atom. The first-order valence-corrected chi connectivity index (χ1v) is 14.6. The molecule has 230 valence electrons. The highest BCUT2D eigenvalue weighted by atomic mass is 19.4. The molecule has 1 amide bonds. The van der Waals surface area contributed by atoms with Crippen LogP contribution in [0.2, 0.25) is 0 Å². The number of halogens is 4. The minimum Gasteiger partial charge on any atom is -0.495 e. The van der Waals surface area contributed by atoms with Crippen molar-refractivity contribution in [1.29, 1.82) is 0 Å². The number of piperidine rings is 1. The van der Waals surface area contributed by atoms with Gasteiger partial charge in [-0.2, -0.15) is 13.2 Å². The highest BCUT2D eigenvalue weighted by molar-refractivity contribution is 5.96. The maximum atomic E-state index is 15.1. The van der Waals surface area contributed by atoms with Gasteiger partial charge in [0.05, 0.1) is 29.6 Å². The Morgan fingerprint density at radius 1 is 1.10 bits per heavy atom. The van der Waals surface area contributed by atoms with Crippen LogP contribution in [-0.4, -0.2) is 59.8 Å². The number of ether oxygens (including phenoxy) is 1. The number of anilines is 2. The number of amides is 1. The molecule has 0 unspecified atom stereocenters. The van der Waals surface area contributed by atoms with Gasteiger partial charge in [-0.3, -0.25) is 9.59 Å². The Labute approximate surface area is 243 Å². The highest BCUT2D eigenvalue weighted by Gasteiger charge is 2.37. The molecule has 1 aromatic heterocycles. The molecule has 0 spiro atoms. The van der Waals surface area contributed by atoms with Crippen molar-refractivity contribution < 1.29 is 31.9 Å². The summed E-state index contributed by atoms with van der Waals surface area (Å²) in [6.45, 7) is 3.44. The van der Waals surface area contributed by atoms with E-state index in [1.54, 1.807) is 6.92 Å². The summed E-state index contributed by atoms with van der Waals surface area (Å²) in [5.41, 5.74) is -1.23. The van der Waals surface area contributed by atoms with E-state index in [2.05, 4.69) is 25.5 Å². The van der Waals surface area contributed by atoms with Crippen LogP contribution in [0.15, 0.2) is 18.3 Å². The number of likely N-dealkylation sites (tertiary alicyclic amines) is 1. The summed E-state index contributed by atoms with van der Waals surface area (Å²) in [7, 11) is 3.34. The van der Waals surface area contributed by atoms with E-state index in [0.29, 0.717) is 19.3 Å². The lowest BCUT2D eigenvalue weighted by Crippen LogP contribution is -2.43. The molecule has 1 aliphatic carbocycles. The number of Topliss-reactive ketones (excluding diaryl/α,β-unsaturated/α-hetero) is 1. The maximum absolute atomic E-state index is 15.1. The van der Waals surface area contributed by atoms with Crippen molar-refractivity contribution in [3.05, 3.63) is 41.0 Å². The molecule has 2 atom stereocenters. The van der Waals surface area contributed by atoms with Crippen molar-refractivity contribution in [2.75, 3.05) is 32.6 Å². The van der Waals surface area contributed by atoms with Crippen LogP contribution in [0.25, 0.3) is 0 Å². The lowest BCUT2D eigenvalue weighted by Gasteiger charge is -2.31. The fourth-order valence-electron chi connectivity index (χ4n) is 5.91. The monoisotopic (exact) mass is 593 g/mol. The zero-order chi connectivity index (χ0) is 30.4. The molecule has 1 aromatic carbocycles. The van der Waals surface area contributed by atoms with Crippen molar-refractivity contribution >= 4 is 23.3 Å². The van der Waals surface area contributed by atoms with Crippen molar-refractivity contribution in [1.82, 2.24) is 20.2 Å². The standard InChI is InChI=1S/C30H39F4N5O3/c1-4-21(40)13-18-7-5-6-8-19(18)14-25-23(30(32,33)34)17-35-29(37-25)38-26-16-24(31)22(15-27(26)42-3)28(41)36-20-9-11-39(2)12-10-20/h15-20H,4-14H2,1-3H3,(H,36,41)(H,35,37,38)/t18-,19-/m0/s1. The Kier molecular flexibility index (Phi) is 10.4. The van der Waals surface area contributed by atoms with Gasteiger partial charge in [-0.15, -0.1) is 0 Å². The summed E-state index contributed by atoms with van der Waals surface area (Å²) < 4.78 is 62.3. The van der Waals surface area contributed by atoms with Gasteiger partial charge in [0.25, 0.3) is 5.91 Å². The molecule has 8 nitrogen and oxygen atoms in total. The summed E-state index contributed by atoms with van der Waals surface area (Å²) in [6.07, 6.45) is 1.71. The second-order valence-corrected chi connectivity index (χ2v) is 11.4. The predicted octanol–water partition coefficient (Wildman–Crippen LogP) is 5.93. The van der Waals surface area contributed by atoms with E-state index in [9.17, 15) is 22.8 Å². The van der Waals surface area contributed by atoms with Crippen LogP contribution in [0.1, 0.15) is 79.9 Å². The van der Waals surface area contributed by atoms with Crippen molar-refractivity contribution in [2.24, 2.45) is 11.8 Å². The van der Waals surface area contributed by atoms with E-state index in [0.717, 1.165) is 57.5 Å². The molecule has 1 saturated heterocycles. The van der Waals surface area contributed by atoms with E-state index >= 15 is 4.39 Å². The van der Waals surface area contributed by atoms with Crippen LogP contribution >= 0.6 is 0 Å². The summed E-state index contributed by atoms with van der Waals surface area (Å²) >= 11 is 0. The van der Waals surface area contributed by atoms with Gasteiger partial charge in [0, 0.05) is 31.1 Å². The molecule has 4 rings (SSSR count). The number of nitrogens with one attached hydrogen (secondary N) is 2. The minimum absolute atomic E-state index is 0.000980. The molecule has 2 N–H and O–H groups in total. The van der Waals surface area contributed by atoms with Crippen LogP contribution in [0, 0.1) is 17.7 Å². The fraction of sp³-hybridized carbons (Fsp3) is 0.600. The lowest BCUT2D eigenvalue weighted by atomic mass is 9.74. The normalized spacial score (nSPS) is 20.3. The second-order valence-electron chi connectivity index (χ2n) is 11.4. The molecule has 12 heteroatoms. The van der Waals surface area contributed by atoms with Crippen LogP contribution < -0.4 is 15.4 Å². The Bertz CT molecular complexity index is 1260. The van der Waals surface area contributed by atoms with Gasteiger partial charge in [-0.05, 0) is 70.1 Å². The minimum atomic E-state index is -4.66. The number of nitrogens with zero attached hydrogens (tertiary/aromatic N) is 3. The second kappa shape index (κ2) is 13.8. The van der Waals surface area contributed by atoms with E-state index in [4.69, 9.17) is 4.74 Å². The maximum Gasteiger partial charge on any atom is 0.419 e. The number of ketones is 1. The molecular weight excluding hydrogens is 554 g/mol. The SMILES string of the molecule is CCC(=O)C[C@@H]1CCCC[C@H]1Cc1nc(Nc2cc(F)c(C(=O)NC3CCN(C)CC3)cc2OC)ncc1C(F)(F)F. The van der Waals surface area contributed by atoms with E-state index in [1.165, 1.54) is 13.2 Å². The first-order chi connectivity index (χ1) is 20.0. The van der Waals surface area contributed by atoms with Crippen LogP contribution in [0.5, 0.6) is 5.75 Å². The van der Waals surface area contributed by atoms with Gasteiger partial charge in [0.2, 0.25) is 5.95 Å². The number of hydrogen-bond donors (Lipinski definition) is 2. The molecule has 0 radical (unpaired) electrons. The lowest BCUT2D eigenvalue weighted by molar-refractivity contribution is -0.139. The Morgan fingerprint density at radius 2 is 1.79 bits per heavy atom. The summed E-state index contributed by atoms with van der Waals surface area (Å²) in [4.78, 5) is 35.2. The molecule has 42 heavy (non-hydrogen) atoms.